The fraction of sp³-hybridized carbons (Fsp3) is 0.650. The van der Waals surface area contributed by atoms with Crippen LogP contribution in [0.25, 0.3) is 0 Å². The molecule has 10 atom stereocenters. The zero-order valence-corrected chi connectivity index (χ0v) is 31.7. The van der Waals surface area contributed by atoms with E-state index >= 15 is 0 Å². The standard InChI is InChI=1S/C40H53BrO5Si/c1-26(42)36-33(46-47(37(2,3)4,28-13-9-7-10-14-28)29-15-11-8-12-16-29)22-32-30-21-34(44-6)40-23-27(40)17-19-38(40,5)31(30)18-20-39(32,36)25-45-35(43)24-41/h7-16,27,30-34,36H,17-25H2,1-6H3/t27-,30-,31+,32+,33-,34-,36+,38-,39-,40+/m1/s1. The largest absolute Gasteiger partial charge is 0.464 e. The molecule has 2 aromatic rings. The molecule has 47 heavy (non-hydrogen) atoms. The third-order valence-electron chi connectivity index (χ3n) is 14.4. The third-order valence-corrected chi connectivity index (χ3v) is 19.9. The molecule has 5 saturated carbocycles. The zero-order chi connectivity index (χ0) is 33.4. The van der Waals surface area contributed by atoms with E-state index in [0.29, 0.717) is 17.3 Å². The van der Waals surface area contributed by atoms with Crippen molar-refractivity contribution >= 4 is 46.4 Å². The minimum atomic E-state index is -2.95. The number of fused-ring (bicyclic) bond motifs is 4. The van der Waals surface area contributed by atoms with Crippen molar-refractivity contribution in [2.24, 2.45) is 45.8 Å². The van der Waals surface area contributed by atoms with Crippen molar-refractivity contribution in [3.8, 4) is 0 Å². The number of esters is 1. The number of hydrogen-bond donors (Lipinski definition) is 0. The maximum absolute atomic E-state index is 14.2. The Morgan fingerprint density at radius 3 is 2.11 bits per heavy atom. The van der Waals surface area contributed by atoms with Crippen molar-refractivity contribution in [3.63, 3.8) is 0 Å². The molecule has 0 N–H and O–H groups in total. The highest BCUT2D eigenvalue weighted by atomic mass is 79.9. The van der Waals surface area contributed by atoms with Crippen molar-refractivity contribution < 1.29 is 23.5 Å². The molecule has 0 saturated heterocycles. The van der Waals surface area contributed by atoms with E-state index in [1.54, 1.807) is 6.92 Å². The van der Waals surface area contributed by atoms with E-state index in [1.807, 2.05) is 7.11 Å². The van der Waals surface area contributed by atoms with Gasteiger partial charge in [-0.05, 0) is 96.4 Å². The van der Waals surface area contributed by atoms with Crippen LogP contribution in [0.1, 0.15) is 79.6 Å². The fourth-order valence-corrected chi connectivity index (χ4v) is 17.5. The van der Waals surface area contributed by atoms with E-state index in [-0.39, 0.29) is 58.2 Å². The fourth-order valence-electron chi connectivity index (χ4n) is 12.6. The number of ether oxygens (including phenoxy) is 2. The Morgan fingerprint density at radius 2 is 1.57 bits per heavy atom. The number of carbonyl (C=O) groups excluding carboxylic acids is 2. The van der Waals surface area contributed by atoms with Gasteiger partial charge >= 0.3 is 5.97 Å². The minimum absolute atomic E-state index is 0.153. The summed E-state index contributed by atoms with van der Waals surface area (Å²) >= 11 is 3.32. The zero-order valence-electron chi connectivity index (χ0n) is 29.1. The molecule has 0 amide bonds. The van der Waals surface area contributed by atoms with Crippen LogP contribution in [0.4, 0.5) is 0 Å². The number of methoxy groups -OCH3 is 1. The van der Waals surface area contributed by atoms with Gasteiger partial charge in [-0.15, -0.1) is 0 Å². The van der Waals surface area contributed by atoms with Gasteiger partial charge in [-0.3, -0.25) is 9.59 Å². The van der Waals surface area contributed by atoms with Crippen LogP contribution in [0, 0.1) is 45.8 Å². The summed E-state index contributed by atoms with van der Waals surface area (Å²) in [5.74, 6) is 1.55. The van der Waals surface area contributed by atoms with Gasteiger partial charge < -0.3 is 13.9 Å². The smallest absolute Gasteiger partial charge is 0.316 e. The van der Waals surface area contributed by atoms with Crippen LogP contribution in [0.3, 0.4) is 0 Å². The Kier molecular flexibility index (Phi) is 8.54. The van der Waals surface area contributed by atoms with Crippen LogP contribution in [-0.4, -0.2) is 51.3 Å². The predicted molar refractivity (Wildman–Crippen MR) is 191 cm³/mol. The number of rotatable bonds is 9. The van der Waals surface area contributed by atoms with E-state index in [2.05, 4.69) is 104 Å². The van der Waals surface area contributed by atoms with E-state index < -0.39 is 13.7 Å². The number of halogens is 1. The number of carbonyl (C=O) groups is 2. The van der Waals surface area contributed by atoms with Gasteiger partial charge in [0.1, 0.15) is 11.1 Å². The van der Waals surface area contributed by atoms with E-state index in [1.165, 1.54) is 29.6 Å². The molecule has 0 unspecified atom stereocenters. The van der Waals surface area contributed by atoms with Crippen LogP contribution in [0.2, 0.25) is 5.04 Å². The molecular weight excluding hydrogens is 668 g/mol. The summed E-state index contributed by atoms with van der Waals surface area (Å²) in [5.41, 5.74) is 0.110. The van der Waals surface area contributed by atoms with Crippen molar-refractivity contribution in [2.75, 3.05) is 19.0 Å². The molecule has 5 aliphatic carbocycles. The third kappa shape index (κ3) is 4.79. The van der Waals surface area contributed by atoms with Crippen LogP contribution < -0.4 is 10.4 Å². The van der Waals surface area contributed by atoms with Crippen molar-refractivity contribution in [3.05, 3.63) is 60.7 Å². The summed E-state index contributed by atoms with van der Waals surface area (Å²) < 4.78 is 20.4. The van der Waals surface area contributed by atoms with Crippen LogP contribution >= 0.6 is 15.9 Å². The minimum Gasteiger partial charge on any atom is -0.464 e. The van der Waals surface area contributed by atoms with E-state index in [0.717, 1.165) is 31.6 Å². The van der Waals surface area contributed by atoms with Gasteiger partial charge in [0.2, 0.25) is 0 Å². The normalized spacial score (nSPS) is 38.9. The Hall–Kier alpha value is -1.80. The van der Waals surface area contributed by atoms with Gasteiger partial charge in [0, 0.05) is 17.9 Å². The summed E-state index contributed by atoms with van der Waals surface area (Å²) in [6, 6.07) is 21.5. The van der Waals surface area contributed by atoms with Gasteiger partial charge in [0.25, 0.3) is 8.32 Å². The average molecular weight is 722 g/mol. The van der Waals surface area contributed by atoms with Crippen molar-refractivity contribution in [1.82, 2.24) is 0 Å². The second kappa shape index (κ2) is 11.9. The SMILES string of the molecule is CO[C@@H]1C[C@H]2[C@@H]3C[C@@H](O[Si](c4ccccc4)(c4ccccc4)C(C)(C)C)[C@H](C(C)=O)[C@@]3(COC(=O)CBr)CC[C@@H]2[C@@]2(C)CC[C@@H]3C[C@]312. The first-order valence-electron chi connectivity index (χ1n) is 17.9. The molecule has 0 radical (unpaired) electrons. The summed E-state index contributed by atoms with van der Waals surface area (Å²) in [5, 5.41) is 2.40. The first-order chi connectivity index (χ1) is 22.4. The molecule has 254 valence electrons. The highest BCUT2D eigenvalue weighted by Gasteiger charge is 2.78. The molecule has 7 heteroatoms. The molecule has 0 heterocycles. The topological polar surface area (TPSA) is 61.8 Å². The van der Waals surface area contributed by atoms with E-state index in [9.17, 15) is 9.59 Å². The summed E-state index contributed by atoms with van der Waals surface area (Å²) in [6.07, 6.45) is 7.68. The Labute approximate surface area is 291 Å². The lowest BCUT2D eigenvalue weighted by atomic mass is 9.45. The second-order valence-electron chi connectivity index (χ2n) is 16.9. The molecule has 7 rings (SSSR count). The lowest BCUT2D eigenvalue weighted by Gasteiger charge is -2.60. The quantitative estimate of drug-likeness (QED) is 0.154. The van der Waals surface area contributed by atoms with Gasteiger partial charge in [0.05, 0.1) is 24.7 Å². The second-order valence-corrected chi connectivity index (χ2v) is 21.8. The summed E-state index contributed by atoms with van der Waals surface area (Å²) in [4.78, 5) is 26.9. The van der Waals surface area contributed by atoms with E-state index in [4.69, 9.17) is 13.9 Å². The summed E-state index contributed by atoms with van der Waals surface area (Å²) in [7, 11) is -1.03. The number of ketones is 1. The van der Waals surface area contributed by atoms with Crippen molar-refractivity contribution in [1.29, 1.82) is 0 Å². The first kappa shape index (κ1) is 33.7. The molecule has 1 spiro atoms. The van der Waals surface area contributed by atoms with Gasteiger partial charge in [0.15, 0.2) is 0 Å². The molecule has 0 aliphatic heterocycles. The van der Waals surface area contributed by atoms with Crippen LogP contribution in [-0.2, 0) is 23.5 Å². The molecule has 5 aliphatic rings. The number of Topliss-reactive ketones (excluding diaryl/α,β-unsaturated/α-hetero) is 1. The van der Waals surface area contributed by atoms with Crippen molar-refractivity contribution in [2.45, 2.75) is 96.8 Å². The molecule has 2 aromatic carbocycles. The Balaban J connectivity index is 1.36. The lowest BCUT2D eigenvalue weighted by Crippen LogP contribution is -2.68. The predicted octanol–water partition coefficient (Wildman–Crippen LogP) is 7.33. The molecular formula is C40H53BrO5Si. The highest BCUT2D eigenvalue weighted by molar-refractivity contribution is 9.09. The average Bonchev–Trinajstić information content (AvgIpc) is 3.58. The molecule has 5 fully saturated rings. The first-order valence-corrected chi connectivity index (χ1v) is 21.0. The molecule has 5 nitrogen and oxygen atoms in total. The van der Waals surface area contributed by atoms with Gasteiger partial charge in [-0.1, -0.05) is 104 Å². The maximum atomic E-state index is 14.2. The summed E-state index contributed by atoms with van der Waals surface area (Å²) in [6.45, 7) is 11.5. The highest BCUT2D eigenvalue weighted by Crippen LogP contribution is 2.82. The number of hydrogen-bond acceptors (Lipinski definition) is 5. The Morgan fingerprint density at radius 1 is 0.936 bits per heavy atom. The molecule has 0 aromatic heterocycles. The van der Waals surface area contributed by atoms with Gasteiger partial charge in [-0.2, -0.15) is 0 Å². The van der Waals surface area contributed by atoms with Crippen LogP contribution in [0.15, 0.2) is 60.7 Å². The Bertz CT molecular complexity index is 1450. The number of alkyl halides is 1. The maximum Gasteiger partial charge on any atom is 0.316 e. The monoisotopic (exact) mass is 720 g/mol. The van der Waals surface area contributed by atoms with Crippen LogP contribution in [0.5, 0.6) is 0 Å². The van der Waals surface area contributed by atoms with Gasteiger partial charge in [-0.25, -0.2) is 0 Å². The lowest BCUT2D eigenvalue weighted by molar-refractivity contribution is -0.178. The molecule has 0 bridgehead atoms. The number of benzene rings is 2.